The van der Waals surface area contributed by atoms with Crippen LogP contribution in [-0.2, 0) is 11.2 Å². The standard InChI is InChI=1S/C26H32N4O3/c1-17-14-24(33-30-17)22-16-27-18(2)29-26(22)21-10-8-19(9-11-21)15-28-25(31)13-12-20-6-4-5-7-23(20)32-3/h4-7,14,16,19,21H,8-13,15H2,1-3H3,(H,28,31). The molecule has 1 saturated carbocycles. The highest BCUT2D eigenvalue weighted by molar-refractivity contribution is 5.76. The van der Waals surface area contributed by atoms with Gasteiger partial charge in [0.2, 0.25) is 5.91 Å². The molecule has 0 aliphatic heterocycles. The molecule has 1 fully saturated rings. The summed E-state index contributed by atoms with van der Waals surface area (Å²) < 4.78 is 10.9. The van der Waals surface area contributed by atoms with Crippen LogP contribution in [0.15, 0.2) is 41.1 Å². The summed E-state index contributed by atoms with van der Waals surface area (Å²) in [5, 5.41) is 7.16. The topological polar surface area (TPSA) is 90.1 Å². The maximum atomic E-state index is 12.4. The van der Waals surface area contributed by atoms with Crippen molar-refractivity contribution in [2.45, 2.75) is 58.3 Å². The van der Waals surface area contributed by atoms with Crippen LogP contribution < -0.4 is 10.1 Å². The molecule has 1 N–H and O–H groups in total. The number of hydrogen-bond donors (Lipinski definition) is 1. The van der Waals surface area contributed by atoms with E-state index in [4.69, 9.17) is 14.2 Å². The lowest BCUT2D eigenvalue weighted by molar-refractivity contribution is -0.121. The van der Waals surface area contributed by atoms with E-state index in [0.29, 0.717) is 24.7 Å². The van der Waals surface area contributed by atoms with Crippen LogP contribution in [0.5, 0.6) is 5.75 Å². The van der Waals surface area contributed by atoms with Crippen LogP contribution in [0.1, 0.15) is 60.8 Å². The Balaban J connectivity index is 1.28. The van der Waals surface area contributed by atoms with Gasteiger partial charge in [0.25, 0.3) is 0 Å². The van der Waals surface area contributed by atoms with E-state index in [1.165, 1.54) is 0 Å². The molecular formula is C26H32N4O3. The molecule has 0 bridgehead atoms. The lowest BCUT2D eigenvalue weighted by atomic mass is 9.79. The normalized spacial score (nSPS) is 18.2. The minimum atomic E-state index is 0.0948. The lowest BCUT2D eigenvalue weighted by Crippen LogP contribution is -2.31. The summed E-state index contributed by atoms with van der Waals surface area (Å²) in [4.78, 5) is 21.6. The largest absolute Gasteiger partial charge is 0.496 e. The number of methoxy groups -OCH3 is 1. The van der Waals surface area contributed by atoms with E-state index in [9.17, 15) is 4.79 Å². The van der Waals surface area contributed by atoms with Crippen LogP contribution >= 0.6 is 0 Å². The first kappa shape index (κ1) is 23.0. The summed E-state index contributed by atoms with van der Waals surface area (Å²) in [6, 6.07) is 9.79. The molecule has 0 saturated heterocycles. The maximum Gasteiger partial charge on any atom is 0.220 e. The van der Waals surface area contributed by atoms with Crippen molar-refractivity contribution in [2.75, 3.05) is 13.7 Å². The summed E-state index contributed by atoms with van der Waals surface area (Å²) in [7, 11) is 1.66. The van der Waals surface area contributed by atoms with Gasteiger partial charge in [-0.05, 0) is 63.5 Å². The molecule has 33 heavy (non-hydrogen) atoms. The monoisotopic (exact) mass is 448 g/mol. The van der Waals surface area contributed by atoms with Crippen LogP contribution in [0.4, 0.5) is 0 Å². The van der Waals surface area contributed by atoms with E-state index >= 15 is 0 Å². The van der Waals surface area contributed by atoms with Gasteiger partial charge in [0.05, 0.1) is 24.1 Å². The Labute approximate surface area is 195 Å². The van der Waals surface area contributed by atoms with Gasteiger partial charge in [-0.15, -0.1) is 0 Å². The van der Waals surface area contributed by atoms with Crippen LogP contribution in [0, 0.1) is 19.8 Å². The first-order valence-electron chi connectivity index (χ1n) is 11.7. The third kappa shape index (κ3) is 5.78. The van der Waals surface area contributed by atoms with Gasteiger partial charge in [-0.3, -0.25) is 4.79 Å². The number of ether oxygens (including phenoxy) is 1. The maximum absolute atomic E-state index is 12.4. The Hall–Kier alpha value is -3.22. The van der Waals surface area contributed by atoms with Crippen LogP contribution in [-0.4, -0.2) is 34.7 Å². The zero-order chi connectivity index (χ0) is 23.2. The SMILES string of the molecule is COc1ccccc1CCC(=O)NCC1CCC(c2nc(C)ncc2-c2cc(C)no2)CC1. The highest BCUT2D eigenvalue weighted by Gasteiger charge is 2.27. The van der Waals surface area contributed by atoms with E-state index in [0.717, 1.165) is 72.1 Å². The van der Waals surface area contributed by atoms with Gasteiger partial charge in [0.15, 0.2) is 5.76 Å². The Morgan fingerprint density at radius 1 is 1.18 bits per heavy atom. The number of para-hydroxylation sites is 1. The highest BCUT2D eigenvalue weighted by Crippen LogP contribution is 2.38. The smallest absolute Gasteiger partial charge is 0.220 e. The van der Waals surface area contributed by atoms with Crippen molar-refractivity contribution in [3.05, 3.63) is 59.3 Å². The lowest BCUT2D eigenvalue weighted by Gasteiger charge is -2.29. The molecule has 0 unspecified atom stereocenters. The number of nitrogens with zero attached hydrogens (tertiary/aromatic N) is 3. The number of carbonyl (C=O) groups is 1. The molecule has 174 valence electrons. The van der Waals surface area contributed by atoms with Gasteiger partial charge < -0.3 is 14.6 Å². The second-order valence-corrected chi connectivity index (χ2v) is 8.88. The molecule has 1 aliphatic rings. The zero-order valence-corrected chi connectivity index (χ0v) is 19.6. The fourth-order valence-corrected chi connectivity index (χ4v) is 4.62. The molecular weight excluding hydrogens is 416 g/mol. The number of aromatic nitrogens is 3. The summed E-state index contributed by atoms with van der Waals surface area (Å²) in [6.07, 6.45) is 7.21. The average molecular weight is 449 g/mol. The van der Waals surface area contributed by atoms with Gasteiger partial charge in [0, 0.05) is 31.1 Å². The van der Waals surface area contributed by atoms with E-state index in [2.05, 4.69) is 15.5 Å². The quantitative estimate of drug-likeness (QED) is 0.533. The van der Waals surface area contributed by atoms with E-state index < -0.39 is 0 Å². The molecule has 0 spiro atoms. The molecule has 0 atom stereocenters. The van der Waals surface area contributed by atoms with Crippen molar-refractivity contribution in [1.82, 2.24) is 20.4 Å². The number of aryl methyl sites for hydroxylation is 3. The van der Waals surface area contributed by atoms with Gasteiger partial charge >= 0.3 is 0 Å². The van der Waals surface area contributed by atoms with Gasteiger partial charge in [-0.2, -0.15) is 0 Å². The summed E-state index contributed by atoms with van der Waals surface area (Å²) in [5.74, 6) is 3.29. The molecule has 7 nitrogen and oxygen atoms in total. The Bertz CT molecular complexity index is 1090. The van der Waals surface area contributed by atoms with E-state index in [-0.39, 0.29) is 5.91 Å². The average Bonchev–Trinajstić information content (AvgIpc) is 3.27. The molecule has 1 aromatic carbocycles. The van der Waals surface area contributed by atoms with Gasteiger partial charge in [-0.25, -0.2) is 9.97 Å². The summed E-state index contributed by atoms with van der Waals surface area (Å²) >= 11 is 0. The van der Waals surface area contributed by atoms with E-state index in [1.807, 2.05) is 50.4 Å². The number of benzene rings is 1. The van der Waals surface area contributed by atoms with Crippen molar-refractivity contribution in [2.24, 2.45) is 5.92 Å². The summed E-state index contributed by atoms with van der Waals surface area (Å²) in [6.45, 7) is 4.57. The van der Waals surface area contributed by atoms with Crippen LogP contribution in [0.25, 0.3) is 11.3 Å². The molecule has 2 aromatic heterocycles. The number of carbonyl (C=O) groups excluding carboxylic acids is 1. The van der Waals surface area contributed by atoms with Crippen molar-refractivity contribution < 1.29 is 14.1 Å². The third-order valence-electron chi connectivity index (χ3n) is 6.47. The minimum absolute atomic E-state index is 0.0948. The fourth-order valence-electron chi connectivity index (χ4n) is 4.62. The van der Waals surface area contributed by atoms with Crippen molar-refractivity contribution in [3.8, 4) is 17.1 Å². The molecule has 2 heterocycles. The zero-order valence-electron chi connectivity index (χ0n) is 19.6. The summed E-state index contributed by atoms with van der Waals surface area (Å²) in [5.41, 5.74) is 3.91. The number of amides is 1. The predicted octanol–water partition coefficient (Wildman–Crippen LogP) is 4.78. The number of hydrogen-bond acceptors (Lipinski definition) is 6. The Morgan fingerprint density at radius 2 is 1.97 bits per heavy atom. The first-order valence-corrected chi connectivity index (χ1v) is 11.7. The second-order valence-electron chi connectivity index (χ2n) is 8.88. The van der Waals surface area contributed by atoms with Crippen molar-refractivity contribution in [3.63, 3.8) is 0 Å². The molecule has 7 heteroatoms. The van der Waals surface area contributed by atoms with Crippen molar-refractivity contribution >= 4 is 5.91 Å². The Kier molecular flexibility index (Phi) is 7.37. The van der Waals surface area contributed by atoms with Gasteiger partial charge in [0.1, 0.15) is 11.6 Å². The number of rotatable bonds is 8. The molecule has 1 amide bonds. The fraction of sp³-hybridized carbons (Fsp3) is 0.462. The van der Waals surface area contributed by atoms with Gasteiger partial charge in [-0.1, -0.05) is 23.4 Å². The number of nitrogens with one attached hydrogen (secondary N) is 1. The molecule has 1 aliphatic carbocycles. The van der Waals surface area contributed by atoms with Crippen LogP contribution in [0.3, 0.4) is 0 Å². The minimum Gasteiger partial charge on any atom is -0.496 e. The molecule has 0 radical (unpaired) electrons. The predicted molar refractivity (Wildman–Crippen MR) is 126 cm³/mol. The Morgan fingerprint density at radius 3 is 2.70 bits per heavy atom. The highest BCUT2D eigenvalue weighted by atomic mass is 16.5. The second kappa shape index (κ2) is 10.6. The first-order chi connectivity index (χ1) is 16.0. The van der Waals surface area contributed by atoms with Crippen LogP contribution in [0.2, 0.25) is 0 Å². The molecule has 4 rings (SSSR count). The van der Waals surface area contributed by atoms with E-state index in [1.54, 1.807) is 7.11 Å². The van der Waals surface area contributed by atoms with Crippen molar-refractivity contribution in [1.29, 1.82) is 0 Å². The third-order valence-corrected chi connectivity index (χ3v) is 6.47. The molecule has 3 aromatic rings.